The third kappa shape index (κ3) is 6.38. The van der Waals surface area contributed by atoms with Crippen molar-refractivity contribution in [2.45, 2.75) is 45.1 Å². The van der Waals surface area contributed by atoms with Crippen LogP contribution in [0.25, 0.3) is 0 Å². The molecule has 0 saturated heterocycles. The van der Waals surface area contributed by atoms with Crippen molar-refractivity contribution in [2.75, 3.05) is 17.2 Å². The van der Waals surface area contributed by atoms with Crippen LogP contribution in [0, 0.1) is 5.92 Å². The van der Waals surface area contributed by atoms with Crippen molar-refractivity contribution in [1.82, 2.24) is 10.2 Å². The van der Waals surface area contributed by atoms with Crippen LogP contribution in [0.15, 0.2) is 54.6 Å². The number of carbonyl (C=O) groups excluding carboxylic acids is 2. The third-order valence-electron chi connectivity index (χ3n) is 5.75. The molecule has 0 atom stereocenters. The summed E-state index contributed by atoms with van der Waals surface area (Å²) in [6, 6.07) is 17.8. The molecular weight excluding hydrogens is 436 g/mol. The Morgan fingerprint density at radius 3 is 2.42 bits per heavy atom. The van der Waals surface area contributed by atoms with E-state index in [0.717, 1.165) is 41.9 Å². The number of hydrogen-bond acceptors (Lipinski definition) is 7. The summed E-state index contributed by atoms with van der Waals surface area (Å²) >= 11 is 1.38. The maximum Gasteiger partial charge on any atom is 0.308 e. The lowest BCUT2D eigenvalue weighted by Gasteiger charge is -2.28. The molecule has 0 aliphatic heterocycles. The average Bonchev–Trinajstić information content (AvgIpc) is 3.27. The number of amides is 1. The molecule has 4 rings (SSSR count). The van der Waals surface area contributed by atoms with Gasteiger partial charge in [-0.15, -0.1) is 10.2 Å². The topological polar surface area (TPSA) is 93.2 Å². The fraction of sp³-hybridized carbons (Fsp3) is 0.360. The van der Waals surface area contributed by atoms with E-state index in [1.807, 2.05) is 49.4 Å². The van der Waals surface area contributed by atoms with Crippen LogP contribution in [0.1, 0.15) is 53.5 Å². The number of rotatable bonds is 8. The fourth-order valence-electron chi connectivity index (χ4n) is 4.00. The maximum atomic E-state index is 12.6. The Labute approximate surface area is 197 Å². The highest BCUT2D eigenvalue weighted by molar-refractivity contribution is 7.15. The largest absolute Gasteiger partial charge is 0.466 e. The number of nitrogens with zero attached hydrogens (tertiary/aromatic N) is 2. The Kier molecular flexibility index (Phi) is 7.67. The third-order valence-corrected chi connectivity index (χ3v) is 6.59. The molecule has 3 aromatic rings. The lowest BCUT2D eigenvalue weighted by atomic mass is 9.86. The first-order chi connectivity index (χ1) is 16.1. The van der Waals surface area contributed by atoms with Gasteiger partial charge in [0.05, 0.1) is 12.5 Å². The number of anilines is 2. The van der Waals surface area contributed by atoms with Crippen LogP contribution in [0.4, 0.5) is 10.8 Å². The maximum absolute atomic E-state index is 12.6. The lowest BCUT2D eigenvalue weighted by Crippen LogP contribution is -2.30. The lowest BCUT2D eigenvalue weighted by molar-refractivity contribution is -0.149. The minimum atomic E-state index is -0.209. The molecule has 1 saturated carbocycles. The van der Waals surface area contributed by atoms with Gasteiger partial charge in [0.1, 0.15) is 5.01 Å². The number of ether oxygens (including phenoxy) is 1. The van der Waals surface area contributed by atoms with Crippen LogP contribution in [0.3, 0.4) is 0 Å². The van der Waals surface area contributed by atoms with Gasteiger partial charge in [0, 0.05) is 23.7 Å². The van der Waals surface area contributed by atoms with E-state index in [2.05, 4.69) is 20.8 Å². The minimum absolute atomic E-state index is 0.0163. The van der Waals surface area contributed by atoms with E-state index in [0.29, 0.717) is 29.8 Å². The van der Waals surface area contributed by atoms with Crippen molar-refractivity contribution < 1.29 is 14.3 Å². The molecule has 2 aromatic carbocycles. The second-order valence-electron chi connectivity index (χ2n) is 8.14. The predicted octanol–water partition coefficient (Wildman–Crippen LogP) is 4.92. The highest BCUT2D eigenvalue weighted by atomic mass is 32.1. The van der Waals surface area contributed by atoms with Gasteiger partial charge < -0.3 is 10.1 Å². The van der Waals surface area contributed by atoms with E-state index in [-0.39, 0.29) is 17.8 Å². The summed E-state index contributed by atoms with van der Waals surface area (Å²) < 4.78 is 5.14. The highest BCUT2D eigenvalue weighted by Crippen LogP contribution is 2.28. The Hall–Kier alpha value is -3.26. The summed E-state index contributed by atoms with van der Waals surface area (Å²) in [4.78, 5) is 24.5. The molecular formula is C25H28N4O3S. The Balaban J connectivity index is 1.26. The first kappa shape index (κ1) is 22.9. The van der Waals surface area contributed by atoms with Gasteiger partial charge in [-0.25, -0.2) is 0 Å². The Morgan fingerprint density at radius 2 is 1.73 bits per heavy atom. The molecule has 0 radical (unpaired) electrons. The highest BCUT2D eigenvalue weighted by Gasteiger charge is 2.27. The van der Waals surface area contributed by atoms with Gasteiger partial charge in [-0.1, -0.05) is 41.7 Å². The van der Waals surface area contributed by atoms with Crippen molar-refractivity contribution in [3.8, 4) is 0 Å². The molecule has 7 nitrogen and oxygen atoms in total. The average molecular weight is 465 g/mol. The van der Waals surface area contributed by atoms with Crippen molar-refractivity contribution in [3.05, 3.63) is 70.7 Å². The molecule has 2 N–H and O–H groups in total. The molecule has 1 fully saturated rings. The zero-order chi connectivity index (χ0) is 23.0. The summed E-state index contributed by atoms with van der Waals surface area (Å²) in [5, 5.41) is 16.0. The van der Waals surface area contributed by atoms with Gasteiger partial charge in [0.2, 0.25) is 5.13 Å². The van der Waals surface area contributed by atoms with E-state index in [4.69, 9.17) is 4.74 Å². The SMILES string of the molecule is CCOC(=O)[C@H]1CC[C@H](Nc2ccc(C(=O)Nc3nnc(Cc4ccccc4)s3)cc2)CC1. The summed E-state index contributed by atoms with van der Waals surface area (Å²) in [6.07, 6.45) is 4.22. The monoisotopic (exact) mass is 464 g/mol. The van der Waals surface area contributed by atoms with Gasteiger partial charge >= 0.3 is 5.97 Å². The quantitative estimate of drug-likeness (QED) is 0.460. The summed E-state index contributed by atoms with van der Waals surface area (Å²) in [5.74, 6) is -0.268. The summed E-state index contributed by atoms with van der Waals surface area (Å²) in [5.41, 5.74) is 2.68. The first-order valence-electron chi connectivity index (χ1n) is 11.3. The normalized spacial score (nSPS) is 17.8. The fourth-order valence-corrected chi connectivity index (χ4v) is 4.77. The van der Waals surface area contributed by atoms with Gasteiger partial charge in [0.25, 0.3) is 5.91 Å². The number of nitrogens with one attached hydrogen (secondary N) is 2. The molecule has 33 heavy (non-hydrogen) atoms. The molecule has 1 aliphatic carbocycles. The van der Waals surface area contributed by atoms with Gasteiger partial charge in [0.15, 0.2) is 0 Å². The van der Waals surface area contributed by atoms with E-state index >= 15 is 0 Å². The molecule has 0 bridgehead atoms. The summed E-state index contributed by atoms with van der Waals surface area (Å²) in [6.45, 7) is 2.27. The number of esters is 1. The van der Waals surface area contributed by atoms with E-state index in [1.165, 1.54) is 11.3 Å². The van der Waals surface area contributed by atoms with Crippen molar-refractivity contribution in [3.63, 3.8) is 0 Å². The molecule has 0 unspecified atom stereocenters. The van der Waals surface area contributed by atoms with Crippen molar-refractivity contribution >= 4 is 34.0 Å². The van der Waals surface area contributed by atoms with Gasteiger partial charge in [-0.3, -0.25) is 14.9 Å². The van der Waals surface area contributed by atoms with Crippen LogP contribution in [-0.2, 0) is 16.0 Å². The van der Waals surface area contributed by atoms with Crippen LogP contribution in [-0.4, -0.2) is 34.7 Å². The van der Waals surface area contributed by atoms with E-state index in [9.17, 15) is 9.59 Å². The van der Waals surface area contributed by atoms with Crippen LogP contribution in [0.5, 0.6) is 0 Å². The molecule has 1 aromatic heterocycles. The Bertz CT molecular complexity index is 1060. The minimum Gasteiger partial charge on any atom is -0.466 e. The van der Waals surface area contributed by atoms with Crippen LogP contribution in [0.2, 0.25) is 0 Å². The second-order valence-corrected chi connectivity index (χ2v) is 9.20. The standard InChI is InChI=1S/C25H28N4O3S/c1-2-32-24(31)19-10-14-21(15-11-19)26-20-12-8-18(9-13-20)23(30)27-25-29-28-22(33-25)16-17-6-4-3-5-7-17/h3-9,12-13,19,21,26H,2,10-11,14-16H2,1H3,(H,27,29,30)/t19-,21-. The predicted molar refractivity (Wildman–Crippen MR) is 130 cm³/mol. The van der Waals surface area contributed by atoms with Crippen LogP contribution >= 0.6 is 11.3 Å². The van der Waals surface area contributed by atoms with Gasteiger partial charge in [-0.05, 0) is 62.4 Å². The molecule has 8 heteroatoms. The second kappa shape index (κ2) is 11.0. The number of benzene rings is 2. The molecule has 172 valence electrons. The molecule has 1 heterocycles. The summed E-state index contributed by atoms with van der Waals surface area (Å²) in [7, 11) is 0. The first-order valence-corrected chi connectivity index (χ1v) is 12.1. The Morgan fingerprint density at radius 1 is 1.00 bits per heavy atom. The molecule has 0 spiro atoms. The smallest absolute Gasteiger partial charge is 0.308 e. The van der Waals surface area contributed by atoms with E-state index < -0.39 is 0 Å². The number of carbonyl (C=O) groups is 2. The zero-order valence-corrected chi connectivity index (χ0v) is 19.4. The van der Waals surface area contributed by atoms with Crippen LogP contribution < -0.4 is 10.6 Å². The number of hydrogen-bond donors (Lipinski definition) is 2. The molecule has 1 aliphatic rings. The van der Waals surface area contributed by atoms with Crippen molar-refractivity contribution in [2.24, 2.45) is 5.92 Å². The molecule has 1 amide bonds. The van der Waals surface area contributed by atoms with E-state index in [1.54, 1.807) is 12.1 Å². The number of aromatic nitrogens is 2. The van der Waals surface area contributed by atoms with Gasteiger partial charge in [-0.2, -0.15) is 0 Å². The zero-order valence-electron chi connectivity index (χ0n) is 18.6. The van der Waals surface area contributed by atoms with Crippen molar-refractivity contribution in [1.29, 1.82) is 0 Å².